The van der Waals surface area contributed by atoms with E-state index in [9.17, 15) is 19.5 Å². The van der Waals surface area contributed by atoms with Crippen molar-refractivity contribution in [1.82, 2.24) is 10.6 Å². The minimum atomic E-state index is -0.878. The normalized spacial score (nSPS) is 15.0. The molecule has 0 bridgehead atoms. The molecule has 8 nitrogen and oxygen atoms in total. The Morgan fingerprint density at radius 1 is 1.00 bits per heavy atom. The molecule has 168 valence electrons. The van der Waals surface area contributed by atoms with E-state index < -0.39 is 36.0 Å². The molecule has 1 aromatic carbocycles. The fourth-order valence-electron chi connectivity index (χ4n) is 3.08. The van der Waals surface area contributed by atoms with Crippen LogP contribution in [0.25, 0.3) is 0 Å². The number of rotatable bonds is 12. The van der Waals surface area contributed by atoms with Crippen molar-refractivity contribution in [3.8, 4) is 0 Å². The van der Waals surface area contributed by atoms with Gasteiger partial charge in [-0.2, -0.15) is 0 Å². The number of nitrogens with two attached hydrogens (primary N) is 1. The minimum Gasteiger partial charge on any atom is -0.467 e. The third kappa shape index (κ3) is 8.92. The number of esters is 1. The second kappa shape index (κ2) is 13.0. The van der Waals surface area contributed by atoms with E-state index >= 15 is 0 Å². The summed E-state index contributed by atoms with van der Waals surface area (Å²) in [6.07, 6.45) is 0.0889. The van der Waals surface area contributed by atoms with Crippen molar-refractivity contribution in [2.75, 3.05) is 13.7 Å². The van der Waals surface area contributed by atoms with Crippen molar-refractivity contribution < 1.29 is 24.2 Å². The number of aliphatic hydroxyl groups is 1. The summed E-state index contributed by atoms with van der Waals surface area (Å²) >= 11 is 0. The van der Waals surface area contributed by atoms with E-state index in [0.717, 1.165) is 5.56 Å². The largest absolute Gasteiger partial charge is 0.467 e. The van der Waals surface area contributed by atoms with E-state index in [1.54, 1.807) is 6.92 Å². The Kier molecular flexibility index (Phi) is 11.1. The highest BCUT2D eigenvalue weighted by Gasteiger charge is 2.29. The van der Waals surface area contributed by atoms with Gasteiger partial charge in [-0.05, 0) is 24.3 Å². The SMILES string of the molecule is COC(=O)[C@H](CC(C)C)NC(=O)[C@H](Cc1ccccc1)NC(=O)[C@H](C)C[C@@H](O)CN. The lowest BCUT2D eigenvalue weighted by Gasteiger charge is -2.25. The lowest BCUT2D eigenvalue weighted by Crippen LogP contribution is -2.53. The van der Waals surface area contributed by atoms with Crippen molar-refractivity contribution in [3.05, 3.63) is 35.9 Å². The average molecular weight is 422 g/mol. The number of aliphatic hydroxyl groups excluding tert-OH is 1. The van der Waals surface area contributed by atoms with Crippen molar-refractivity contribution in [3.63, 3.8) is 0 Å². The number of methoxy groups -OCH3 is 1. The van der Waals surface area contributed by atoms with E-state index in [1.807, 2.05) is 44.2 Å². The summed E-state index contributed by atoms with van der Waals surface area (Å²) in [6, 6.07) is 7.61. The Labute approximate surface area is 178 Å². The summed E-state index contributed by atoms with van der Waals surface area (Å²) in [5.41, 5.74) is 6.29. The van der Waals surface area contributed by atoms with Crippen LogP contribution in [-0.4, -0.2) is 54.7 Å². The molecular formula is C22H35N3O5. The van der Waals surface area contributed by atoms with Crippen LogP contribution in [0.2, 0.25) is 0 Å². The van der Waals surface area contributed by atoms with Crippen LogP contribution in [-0.2, 0) is 25.5 Å². The van der Waals surface area contributed by atoms with E-state index in [1.165, 1.54) is 7.11 Å². The zero-order valence-electron chi connectivity index (χ0n) is 18.3. The molecule has 8 heteroatoms. The van der Waals surface area contributed by atoms with Gasteiger partial charge in [-0.3, -0.25) is 9.59 Å². The summed E-state index contributed by atoms with van der Waals surface area (Å²) < 4.78 is 4.81. The van der Waals surface area contributed by atoms with Gasteiger partial charge in [-0.1, -0.05) is 51.1 Å². The van der Waals surface area contributed by atoms with Crippen LogP contribution < -0.4 is 16.4 Å². The van der Waals surface area contributed by atoms with Gasteiger partial charge in [0.15, 0.2) is 0 Å². The lowest BCUT2D eigenvalue weighted by atomic mass is 9.99. The molecule has 0 saturated heterocycles. The lowest BCUT2D eigenvalue weighted by molar-refractivity contribution is -0.145. The van der Waals surface area contributed by atoms with E-state index in [2.05, 4.69) is 10.6 Å². The van der Waals surface area contributed by atoms with Crippen molar-refractivity contribution in [2.24, 2.45) is 17.6 Å². The summed E-state index contributed by atoms with van der Waals surface area (Å²) in [6.45, 7) is 5.61. The topological polar surface area (TPSA) is 131 Å². The number of amides is 2. The van der Waals surface area contributed by atoms with E-state index in [0.29, 0.717) is 6.42 Å². The molecule has 1 aromatic rings. The van der Waals surface area contributed by atoms with Crippen LogP contribution in [0.5, 0.6) is 0 Å². The predicted molar refractivity (Wildman–Crippen MR) is 114 cm³/mol. The van der Waals surface area contributed by atoms with Crippen molar-refractivity contribution in [1.29, 1.82) is 0 Å². The Morgan fingerprint density at radius 2 is 1.60 bits per heavy atom. The summed E-state index contributed by atoms with van der Waals surface area (Å²) in [4.78, 5) is 37.7. The van der Waals surface area contributed by atoms with Crippen LogP contribution in [0.4, 0.5) is 0 Å². The first-order chi connectivity index (χ1) is 14.2. The molecule has 0 fully saturated rings. The van der Waals surface area contributed by atoms with Crippen molar-refractivity contribution in [2.45, 2.75) is 58.2 Å². The monoisotopic (exact) mass is 421 g/mol. The van der Waals surface area contributed by atoms with Gasteiger partial charge in [0.05, 0.1) is 13.2 Å². The zero-order chi connectivity index (χ0) is 22.7. The maximum absolute atomic E-state index is 13.0. The van der Waals surface area contributed by atoms with Gasteiger partial charge >= 0.3 is 5.97 Å². The molecule has 0 saturated carbocycles. The number of nitrogens with one attached hydrogen (secondary N) is 2. The summed E-state index contributed by atoms with van der Waals surface area (Å²) in [5, 5.41) is 15.2. The van der Waals surface area contributed by atoms with Crippen LogP contribution in [0.15, 0.2) is 30.3 Å². The number of hydrogen-bond acceptors (Lipinski definition) is 6. The molecule has 0 aromatic heterocycles. The number of carbonyl (C=O) groups is 3. The molecule has 2 amide bonds. The highest BCUT2D eigenvalue weighted by Crippen LogP contribution is 2.11. The highest BCUT2D eigenvalue weighted by molar-refractivity contribution is 5.91. The molecule has 4 atom stereocenters. The summed E-state index contributed by atoms with van der Waals surface area (Å²) in [7, 11) is 1.27. The van der Waals surface area contributed by atoms with E-state index in [4.69, 9.17) is 10.5 Å². The summed E-state index contributed by atoms with van der Waals surface area (Å²) in [5.74, 6) is -1.72. The van der Waals surface area contributed by atoms with E-state index in [-0.39, 0.29) is 31.2 Å². The number of carbonyl (C=O) groups excluding carboxylic acids is 3. The van der Waals surface area contributed by atoms with Gasteiger partial charge in [0, 0.05) is 18.9 Å². The number of hydrogen-bond donors (Lipinski definition) is 4. The fraction of sp³-hybridized carbons (Fsp3) is 0.591. The first-order valence-electron chi connectivity index (χ1n) is 10.3. The maximum atomic E-state index is 13.0. The fourth-order valence-corrected chi connectivity index (χ4v) is 3.08. The molecule has 0 radical (unpaired) electrons. The third-order valence-corrected chi connectivity index (χ3v) is 4.77. The van der Waals surface area contributed by atoms with Crippen LogP contribution in [0.3, 0.4) is 0 Å². The molecule has 0 heterocycles. The molecule has 0 aliphatic carbocycles. The third-order valence-electron chi connectivity index (χ3n) is 4.77. The van der Waals surface area contributed by atoms with Gasteiger partial charge in [0.1, 0.15) is 12.1 Å². The highest BCUT2D eigenvalue weighted by atomic mass is 16.5. The first-order valence-corrected chi connectivity index (χ1v) is 10.3. The molecule has 0 aliphatic rings. The number of benzene rings is 1. The quantitative estimate of drug-likeness (QED) is 0.369. The smallest absolute Gasteiger partial charge is 0.328 e. The van der Waals surface area contributed by atoms with Crippen LogP contribution in [0.1, 0.15) is 39.2 Å². The molecule has 0 aliphatic heterocycles. The maximum Gasteiger partial charge on any atom is 0.328 e. The van der Waals surface area contributed by atoms with Gasteiger partial charge in [-0.25, -0.2) is 4.79 Å². The van der Waals surface area contributed by atoms with Gasteiger partial charge in [0.2, 0.25) is 11.8 Å². The van der Waals surface area contributed by atoms with Crippen LogP contribution >= 0.6 is 0 Å². The molecule has 5 N–H and O–H groups in total. The molecule has 1 rings (SSSR count). The second-order valence-corrected chi connectivity index (χ2v) is 7.99. The van der Waals surface area contributed by atoms with Crippen molar-refractivity contribution >= 4 is 17.8 Å². The van der Waals surface area contributed by atoms with Gasteiger partial charge in [-0.15, -0.1) is 0 Å². The standard InChI is InChI=1S/C22H35N3O5/c1-14(2)10-19(22(29)30-4)25-21(28)18(12-16-8-6-5-7-9-16)24-20(27)15(3)11-17(26)13-23/h5-9,14-15,17-19,26H,10-13,23H2,1-4H3,(H,24,27)(H,25,28)/t15-,17-,18+,19+/m1/s1. The Morgan fingerprint density at radius 3 is 2.13 bits per heavy atom. The number of ether oxygens (including phenoxy) is 1. The van der Waals surface area contributed by atoms with Crippen LogP contribution in [0, 0.1) is 11.8 Å². The minimum absolute atomic E-state index is 0.0571. The first kappa shape index (κ1) is 25.6. The Hall–Kier alpha value is -2.45. The van der Waals surface area contributed by atoms with Gasteiger partial charge in [0.25, 0.3) is 0 Å². The average Bonchev–Trinajstić information content (AvgIpc) is 2.72. The predicted octanol–water partition coefficient (Wildman–Crippen LogP) is 0.764. The molecular weight excluding hydrogens is 386 g/mol. The molecule has 0 spiro atoms. The van der Waals surface area contributed by atoms with Gasteiger partial charge < -0.3 is 26.2 Å². The Bertz CT molecular complexity index is 681. The second-order valence-electron chi connectivity index (χ2n) is 7.99. The Balaban J connectivity index is 2.96. The molecule has 0 unspecified atom stereocenters. The molecule has 30 heavy (non-hydrogen) atoms. The zero-order valence-corrected chi connectivity index (χ0v) is 18.3.